The van der Waals surface area contributed by atoms with Crippen molar-refractivity contribution in [3.05, 3.63) is 22.4 Å². The molecule has 0 aliphatic carbocycles. The van der Waals surface area contributed by atoms with Crippen molar-refractivity contribution in [2.45, 2.75) is 50.6 Å². The van der Waals surface area contributed by atoms with Gasteiger partial charge in [-0.2, -0.15) is 11.3 Å². The van der Waals surface area contributed by atoms with Gasteiger partial charge in [0.1, 0.15) is 0 Å². The molecule has 1 aromatic heterocycles. The number of hydrogen-bond acceptors (Lipinski definition) is 4. The van der Waals surface area contributed by atoms with E-state index in [0.29, 0.717) is 37.5 Å². The number of piperidine rings is 1. The van der Waals surface area contributed by atoms with Crippen LogP contribution in [0, 0.1) is 5.92 Å². The van der Waals surface area contributed by atoms with Gasteiger partial charge in [-0.3, -0.25) is 9.59 Å². The predicted molar refractivity (Wildman–Crippen MR) is 98.7 cm³/mol. The minimum atomic E-state index is 0.102. The molecule has 0 radical (unpaired) electrons. The van der Waals surface area contributed by atoms with E-state index >= 15 is 0 Å². The summed E-state index contributed by atoms with van der Waals surface area (Å²) in [6.07, 6.45) is 6.42. The lowest BCUT2D eigenvalue weighted by molar-refractivity contribution is -0.132. The molecule has 2 unspecified atom stereocenters. The molecule has 1 N–H and O–H groups in total. The summed E-state index contributed by atoms with van der Waals surface area (Å²) in [5.41, 5.74) is 0.773. The third-order valence-corrected chi connectivity index (χ3v) is 6.62. The van der Waals surface area contributed by atoms with E-state index in [4.69, 9.17) is 0 Å². The number of nitrogens with zero attached hydrogens (tertiary/aromatic N) is 2. The second-order valence-electron chi connectivity index (χ2n) is 7.72. The lowest BCUT2D eigenvalue weighted by Gasteiger charge is -2.30. The van der Waals surface area contributed by atoms with Crippen LogP contribution < -0.4 is 5.32 Å². The number of fused-ring (bicyclic) bond motifs is 2. The molecule has 4 heterocycles. The number of carbonyl (C=O) groups excluding carboxylic acids is 2. The first-order valence-corrected chi connectivity index (χ1v) is 10.5. The molecule has 6 heteroatoms. The largest absolute Gasteiger partial charge is 0.341 e. The smallest absolute Gasteiger partial charge is 0.254 e. The molecule has 2 amide bonds. The van der Waals surface area contributed by atoms with Gasteiger partial charge < -0.3 is 15.1 Å². The standard InChI is InChI=1S/C19H27N3O2S/c23-18(12-14-10-16-2-3-17(11-14)20-16)21-5-1-6-22(8-7-21)19(24)15-4-9-25-13-15/h4,9,13-14,16-17,20H,1-3,5-8,10-12H2. The summed E-state index contributed by atoms with van der Waals surface area (Å²) in [5, 5.41) is 7.49. The summed E-state index contributed by atoms with van der Waals surface area (Å²) in [7, 11) is 0. The molecule has 0 aromatic carbocycles. The zero-order chi connectivity index (χ0) is 17.2. The molecule has 2 atom stereocenters. The Bertz CT molecular complexity index is 606. The van der Waals surface area contributed by atoms with Crippen LogP contribution in [-0.4, -0.2) is 59.9 Å². The number of rotatable bonds is 3. The third kappa shape index (κ3) is 3.90. The number of thiophene rings is 1. The molecule has 2 bridgehead atoms. The van der Waals surface area contributed by atoms with Crippen molar-refractivity contribution in [2.75, 3.05) is 26.2 Å². The summed E-state index contributed by atoms with van der Waals surface area (Å²) >= 11 is 1.55. The Hall–Kier alpha value is -1.40. The van der Waals surface area contributed by atoms with E-state index in [-0.39, 0.29) is 11.8 Å². The number of nitrogens with one attached hydrogen (secondary N) is 1. The highest BCUT2D eigenvalue weighted by Gasteiger charge is 2.35. The van der Waals surface area contributed by atoms with Gasteiger partial charge in [0.15, 0.2) is 0 Å². The summed E-state index contributed by atoms with van der Waals surface area (Å²) < 4.78 is 0. The molecule has 0 spiro atoms. The zero-order valence-corrected chi connectivity index (χ0v) is 15.5. The van der Waals surface area contributed by atoms with Crippen molar-refractivity contribution in [2.24, 2.45) is 5.92 Å². The Kier molecular flexibility index (Phi) is 5.08. The minimum absolute atomic E-state index is 0.102. The van der Waals surface area contributed by atoms with Gasteiger partial charge in [-0.25, -0.2) is 0 Å². The Morgan fingerprint density at radius 2 is 1.80 bits per heavy atom. The van der Waals surface area contributed by atoms with Crippen LogP contribution >= 0.6 is 11.3 Å². The van der Waals surface area contributed by atoms with Crippen LogP contribution in [0.25, 0.3) is 0 Å². The molecule has 3 fully saturated rings. The Labute approximate surface area is 153 Å². The molecule has 25 heavy (non-hydrogen) atoms. The van der Waals surface area contributed by atoms with Crippen LogP contribution in [0.4, 0.5) is 0 Å². The molecule has 3 saturated heterocycles. The van der Waals surface area contributed by atoms with Gasteiger partial charge in [-0.05, 0) is 49.5 Å². The average Bonchev–Trinajstić information content (AvgIpc) is 3.17. The average molecular weight is 362 g/mol. The molecule has 1 aromatic rings. The Balaban J connectivity index is 1.30. The lowest BCUT2D eigenvalue weighted by atomic mass is 9.89. The van der Waals surface area contributed by atoms with Crippen molar-refractivity contribution in [3.63, 3.8) is 0 Å². The van der Waals surface area contributed by atoms with Crippen molar-refractivity contribution >= 4 is 23.2 Å². The fraction of sp³-hybridized carbons (Fsp3) is 0.684. The first-order valence-electron chi connectivity index (χ1n) is 9.54. The Morgan fingerprint density at radius 3 is 2.52 bits per heavy atom. The van der Waals surface area contributed by atoms with Crippen molar-refractivity contribution in [3.8, 4) is 0 Å². The normalized spacial score (nSPS) is 29.5. The van der Waals surface area contributed by atoms with Gasteiger partial charge in [0.05, 0.1) is 5.56 Å². The zero-order valence-electron chi connectivity index (χ0n) is 14.7. The van der Waals surface area contributed by atoms with Gasteiger partial charge in [-0.1, -0.05) is 0 Å². The van der Waals surface area contributed by atoms with Crippen LogP contribution in [0.5, 0.6) is 0 Å². The second-order valence-corrected chi connectivity index (χ2v) is 8.50. The molecule has 3 aliphatic heterocycles. The van der Waals surface area contributed by atoms with Crippen LogP contribution in [0.1, 0.15) is 48.9 Å². The van der Waals surface area contributed by atoms with Crippen LogP contribution in [0.15, 0.2) is 16.8 Å². The van der Waals surface area contributed by atoms with Gasteiger partial charge in [-0.15, -0.1) is 0 Å². The molecule has 4 rings (SSSR count). The number of hydrogen-bond donors (Lipinski definition) is 1. The minimum Gasteiger partial charge on any atom is -0.341 e. The summed E-state index contributed by atoms with van der Waals surface area (Å²) in [6, 6.07) is 3.16. The quantitative estimate of drug-likeness (QED) is 0.899. The van der Waals surface area contributed by atoms with E-state index in [0.717, 1.165) is 37.9 Å². The van der Waals surface area contributed by atoms with Crippen LogP contribution in [0.2, 0.25) is 0 Å². The van der Waals surface area contributed by atoms with Gasteiger partial charge in [0, 0.05) is 50.1 Å². The van der Waals surface area contributed by atoms with E-state index in [2.05, 4.69) is 5.32 Å². The maximum Gasteiger partial charge on any atom is 0.254 e. The summed E-state index contributed by atoms with van der Waals surface area (Å²) in [5.74, 6) is 0.930. The fourth-order valence-electron chi connectivity index (χ4n) is 4.66. The van der Waals surface area contributed by atoms with Gasteiger partial charge >= 0.3 is 0 Å². The SMILES string of the molecule is O=C(CC1CC2CCC(C1)N2)N1CCCN(C(=O)c2ccsc2)CC1. The molecular weight excluding hydrogens is 334 g/mol. The Morgan fingerprint density at radius 1 is 1.08 bits per heavy atom. The van der Waals surface area contributed by atoms with E-state index in [1.54, 1.807) is 11.3 Å². The molecule has 5 nitrogen and oxygen atoms in total. The van der Waals surface area contributed by atoms with Crippen molar-refractivity contribution < 1.29 is 9.59 Å². The number of carbonyl (C=O) groups is 2. The van der Waals surface area contributed by atoms with Crippen molar-refractivity contribution in [1.82, 2.24) is 15.1 Å². The highest BCUT2D eigenvalue weighted by Crippen LogP contribution is 2.33. The third-order valence-electron chi connectivity index (χ3n) is 5.94. The maximum atomic E-state index is 12.8. The fourth-order valence-corrected chi connectivity index (χ4v) is 5.29. The van der Waals surface area contributed by atoms with Crippen LogP contribution in [0.3, 0.4) is 0 Å². The highest BCUT2D eigenvalue weighted by molar-refractivity contribution is 7.08. The maximum absolute atomic E-state index is 12.8. The summed E-state index contributed by atoms with van der Waals surface area (Å²) in [4.78, 5) is 29.2. The summed E-state index contributed by atoms with van der Waals surface area (Å²) in [6.45, 7) is 2.85. The van der Waals surface area contributed by atoms with Gasteiger partial charge in [0.2, 0.25) is 5.91 Å². The van der Waals surface area contributed by atoms with E-state index in [1.165, 1.54) is 12.8 Å². The molecule has 136 valence electrons. The first-order chi connectivity index (χ1) is 12.2. The van der Waals surface area contributed by atoms with E-state index < -0.39 is 0 Å². The monoisotopic (exact) mass is 361 g/mol. The highest BCUT2D eigenvalue weighted by atomic mass is 32.1. The van der Waals surface area contributed by atoms with E-state index in [9.17, 15) is 9.59 Å². The van der Waals surface area contributed by atoms with Crippen molar-refractivity contribution in [1.29, 1.82) is 0 Å². The topological polar surface area (TPSA) is 52.7 Å². The lowest BCUT2D eigenvalue weighted by Crippen LogP contribution is -2.41. The molecular formula is C19H27N3O2S. The predicted octanol–water partition coefficient (Wildman–Crippen LogP) is 2.34. The number of amides is 2. The molecule has 3 aliphatic rings. The van der Waals surface area contributed by atoms with Crippen LogP contribution in [-0.2, 0) is 4.79 Å². The second kappa shape index (κ2) is 7.46. The molecule has 0 saturated carbocycles. The van der Waals surface area contributed by atoms with Gasteiger partial charge in [0.25, 0.3) is 5.91 Å². The van der Waals surface area contributed by atoms with E-state index in [1.807, 2.05) is 26.6 Å². The first kappa shape index (κ1) is 17.0.